The molecule has 2 atom stereocenters. The van der Waals surface area contributed by atoms with E-state index in [9.17, 15) is 4.39 Å². The van der Waals surface area contributed by atoms with Crippen LogP contribution in [0.2, 0.25) is 0 Å². The van der Waals surface area contributed by atoms with Gasteiger partial charge in [0, 0.05) is 22.2 Å². The Hall–Kier alpha value is -2.39. The van der Waals surface area contributed by atoms with Gasteiger partial charge in [-0.3, -0.25) is 0 Å². The molecule has 0 radical (unpaired) electrons. The molecule has 1 fully saturated rings. The molecule has 2 aromatic rings. The van der Waals surface area contributed by atoms with Gasteiger partial charge in [0.1, 0.15) is 6.17 Å². The zero-order valence-electron chi connectivity index (χ0n) is 22.0. The summed E-state index contributed by atoms with van der Waals surface area (Å²) in [7, 11) is 0. The summed E-state index contributed by atoms with van der Waals surface area (Å²) >= 11 is 1.82. The number of thiophene rings is 1. The van der Waals surface area contributed by atoms with Crippen molar-refractivity contribution in [3.63, 3.8) is 0 Å². The SMILES string of the molecule is C=C1CC2(CCC2)CC2=C1C(c1cccs1)C(C(=C)c1ccc(C(C)F)cc1)=C(C(C)C)N2.CC. The van der Waals surface area contributed by atoms with Crippen molar-refractivity contribution in [2.45, 2.75) is 78.8 Å². The standard InChI is InChI=1S/C30H34FNS.C2H6/c1-18(2)29-27(20(4)22-9-11-23(12-10-22)21(5)31)28(25-8-6-15-33-25)26-19(3)16-30(13-7-14-30)17-24(26)32-29;1-2/h6,8-12,15,18,21,28,32H,3-4,7,13-14,16-17H2,1-2,5H3;1-2H3. The van der Waals surface area contributed by atoms with Crippen LogP contribution in [-0.2, 0) is 0 Å². The summed E-state index contributed by atoms with van der Waals surface area (Å²) in [6, 6.07) is 12.2. The fourth-order valence-electron chi connectivity index (χ4n) is 5.98. The smallest absolute Gasteiger partial charge is 0.122 e. The summed E-state index contributed by atoms with van der Waals surface area (Å²) in [4.78, 5) is 1.35. The van der Waals surface area contributed by atoms with Gasteiger partial charge in [-0.25, -0.2) is 4.39 Å². The van der Waals surface area contributed by atoms with Crippen LogP contribution < -0.4 is 5.32 Å². The number of rotatable bonds is 5. The van der Waals surface area contributed by atoms with Crippen LogP contribution in [0.5, 0.6) is 0 Å². The molecule has 2 unspecified atom stereocenters. The Bertz CT molecular complexity index is 1140. The first-order valence-corrected chi connectivity index (χ1v) is 14.1. The molecular weight excluding hydrogens is 449 g/mol. The first-order valence-electron chi connectivity index (χ1n) is 13.2. The highest BCUT2D eigenvalue weighted by molar-refractivity contribution is 7.10. The molecule has 35 heavy (non-hydrogen) atoms. The van der Waals surface area contributed by atoms with E-state index in [1.54, 1.807) is 6.92 Å². The molecule has 0 bridgehead atoms. The number of alkyl halides is 1. The van der Waals surface area contributed by atoms with Crippen molar-refractivity contribution < 1.29 is 4.39 Å². The summed E-state index contributed by atoms with van der Waals surface area (Å²) in [5.41, 5.74) is 9.77. The first-order chi connectivity index (χ1) is 16.8. The molecule has 1 nitrogen and oxygen atoms in total. The summed E-state index contributed by atoms with van der Waals surface area (Å²) in [5, 5.41) is 6.08. The Morgan fingerprint density at radius 1 is 1.09 bits per heavy atom. The molecule has 3 aliphatic rings. The van der Waals surface area contributed by atoms with Gasteiger partial charge in [0.25, 0.3) is 0 Å². The molecule has 3 heteroatoms. The van der Waals surface area contributed by atoms with Gasteiger partial charge in [0.05, 0.1) is 0 Å². The lowest BCUT2D eigenvalue weighted by Crippen LogP contribution is -2.40. The highest BCUT2D eigenvalue weighted by Gasteiger charge is 2.46. The number of halogens is 1. The maximum atomic E-state index is 13.8. The molecular formula is C32H40FNS. The Labute approximate surface area is 215 Å². The fraction of sp³-hybridized carbons (Fsp3) is 0.438. The highest BCUT2D eigenvalue weighted by atomic mass is 32.1. The second-order valence-corrected chi connectivity index (χ2v) is 11.5. The Kier molecular flexibility index (Phi) is 7.57. The van der Waals surface area contributed by atoms with E-state index in [-0.39, 0.29) is 5.92 Å². The molecule has 1 aromatic carbocycles. The monoisotopic (exact) mass is 489 g/mol. The minimum Gasteiger partial charge on any atom is -0.361 e. The predicted octanol–water partition coefficient (Wildman–Crippen LogP) is 9.89. The summed E-state index contributed by atoms with van der Waals surface area (Å²) in [6.07, 6.45) is 5.23. The average Bonchev–Trinajstić information content (AvgIpc) is 3.37. The maximum absolute atomic E-state index is 13.8. The van der Waals surface area contributed by atoms with Crippen LogP contribution >= 0.6 is 11.3 Å². The van der Waals surface area contributed by atoms with Gasteiger partial charge >= 0.3 is 0 Å². The van der Waals surface area contributed by atoms with Crippen LogP contribution in [0.25, 0.3) is 5.57 Å². The molecule has 0 saturated heterocycles. The number of dihydropyridines is 1. The number of allylic oxidation sites excluding steroid dienone is 6. The largest absolute Gasteiger partial charge is 0.361 e. The summed E-state index contributed by atoms with van der Waals surface area (Å²) in [5.74, 6) is 0.488. The molecule has 2 aliphatic carbocycles. The third-order valence-electron chi connectivity index (χ3n) is 7.86. The van der Waals surface area contributed by atoms with Gasteiger partial charge in [-0.1, -0.05) is 77.6 Å². The molecule has 5 rings (SSSR count). The van der Waals surface area contributed by atoms with Crippen molar-refractivity contribution in [1.82, 2.24) is 5.32 Å². The lowest BCUT2D eigenvalue weighted by Gasteiger charge is -2.50. The molecule has 1 aliphatic heterocycles. The Balaban J connectivity index is 0.00000141. The first kappa shape index (κ1) is 25.7. The Morgan fingerprint density at radius 3 is 2.29 bits per heavy atom. The van der Waals surface area contributed by atoms with E-state index in [1.165, 1.54) is 52.3 Å². The summed E-state index contributed by atoms with van der Waals surface area (Å²) < 4.78 is 13.8. The molecule has 1 saturated carbocycles. The maximum Gasteiger partial charge on any atom is 0.122 e. The minimum atomic E-state index is -0.968. The van der Waals surface area contributed by atoms with Crippen LogP contribution in [0.15, 0.2) is 83.0 Å². The normalized spacial score (nSPS) is 21.7. The zero-order valence-corrected chi connectivity index (χ0v) is 22.8. The molecule has 2 heterocycles. The second kappa shape index (κ2) is 10.3. The molecule has 1 N–H and O–H groups in total. The van der Waals surface area contributed by atoms with Crippen molar-refractivity contribution >= 4 is 16.9 Å². The molecule has 186 valence electrons. The van der Waals surface area contributed by atoms with Gasteiger partial charge in [-0.05, 0) is 88.8 Å². The van der Waals surface area contributed by atoms with Crippen LogP contribution in [0.1, 0.15) is 94.8 Å². The second-order valence-electron chi connectivity index (χ2n) is 10.5. The lowest BCUT2D eigenvalue weighted by atomic mass is 9.57. The van der Waals surface area contributed by atoms with Crippen LogP contribution in [0, 0.1) is 11.3 Å². The van der Waals surface area contributed by atoms with Gasteiger partial charge in [0.2, 0.25) is 0 Å². The minimum absolute atomic E-state index is 0.149. The van der Waals surface area contributed by atoms with Crippen molar-refractivity contribution in [1.29, 1.82) is 0 Å². The van der Waals surface area contributed by atoms with E-state index in [4.69, 9.17) is 0 Å². The lowest BCUT2D eigenvalue weighted by molar-refractivity contribution is 0.124. The average molecular weight is 490 g/mol. The highest BCUT2D eigenvalue weighted by Crippen LogP contribution is 2.59. The van der Waals surface area contributed by atoms with Crippen LogP contribution in [0.4, 0.5) is 4.39 Å². The van der Waals surface area contributed by atoms with Crippen molar-refractivity contribution in [2.75, 3.05) is 0 Å². The molecule has 1 aromatic heterocycles. The topological polar surface area (TPSA) is 12.0 Å². The molecule has 0 amide bonds. The van der Waals surface area contributed by atoms with E-state index in [2.05, 4.69) is 49.8 Å². The third-order valence-corrected chi connectivity index (χ3v) is 8.80. The van der Waals surface area contributed by atoms with E-state index in [0.717, 1.165) is 24.0 Å². The number of benzene rings is 1. The van der Waals surface area contributed by atoms with Crippen LogP contribution in [-0.4, -0.2) is 0 Å². The van der Waals surface area contributed by atoms with Crippen molar-refractivity contribution in [3.05, 3.63) is 99.1 Å². The third kappa shape index (κ3) is 4.72. The zero-order chi connectivity index (χ0) is 25.3. The van der Waals surface area contributed by atoms with E-state index in [0.29, 0.717) is 16.9 Å². The van der Waals surface area contributed by atoms with Crippen molar-refractivity contribution in [2.24, 2.45) is 11.3 Å². The van der Waals surface area contributed by atoms with E-state index < -0.39 is 6.17 Å². The van der Waals surface area contributed by atoms with E-state index >= 15 is 0 Å². The van der Waals surface area contributed by atoms with Crippen molar-refractivity contribution in [3.8, 4) is 0 Å². The number of hydrogen-bond donors (Lipinski definition) is 1. The quantitative estimate of drug-likeness (QED) is 0.440. The van der Waals surface area contributed by atoms with E-state index in [1.807, 2.05) is 49.4 Å². The predicted molar refractivity (Wildman–Crippen MR) is 150 cm³/mol. The van der Waals surface area contributed by atoms with Crippen LogP contribution in [0.3, 0.4) is 0 Å². The molecule has 1 spiro atoms. The Morgan fingerprint density at radius 2 is 1.77 bits per heavy atom. The van der Waals surface area contributed by atoms with Gasteiger partial charge in [-0.2, -0.15) is 0 Å². The van der Waals surface area contributed by atoms with Gasteiger partial charge in [-0.15, -0.1) is 11.3 Å². The fourth-order valence-corrected chi connectivity index (χ4v) is 6.82. The van der Waals surface area contributed by atoms with Gasteiger partial charge in [0.15, 0.2) is 0 Å². The van der Waals surface area contributed by atoms with Gasteiger partial charge < -0.3 is 5.32 Å². The number of hydrogen-bond acceptors (Lipinski definition) is 2. The number of nitrogens with one attached hydrogen (secondary N) is 1. The summed E-state index contributed by atoms with van der Waals surface area (Å²) in [6.45, 7) is 19.3.